The van der Waals surface area contributed by atoms with Crippen molar-refractivity contribution in [1.82, 2.24) is 4.98 Å². The average molecular weight is 305 g/mol. The van der Waals surface area contributed by atoms with Crippen molar-refractivity contribution in [3.63, 3.8) is 0 Å². The summed E-state index contributed by atoms with van der Waals surface area (Å²) in [4.78, 5) is 26.5. The van der Waals surface area contributed by atoms with Gasteiger partial charge in [0.1, 0.15) is 11.5 Å². The molecule has 0 spiro atoms. The van der Waals surface area contributed by atoms with Gasteiger partial charge in [0.15, 0.2) is 11.6 Å². The van der Waals surface area contributed by atoms with Gasteiger partial charge in [0.05, 0.1) is 17.2 Å². The fraction of sp³-hybridized carbons (Fsp3) is 0.286. The average Bonchev–Trinajstić information content (AvgIpc) is 2.79. The van der Waals surface area contributed by atoms with Crippen LogP contribution in [-0.2, 0) is 0 Å². The van der Waals surface area contributed by atoms with Crippen LogP contribution in [0.1, 0.15) is 29.1 Å². The summed E-state index contributed by atoms with van der Waals surface area (Å²) in [5.41, 5.74) is 0.194. The van der Waals surface area contributed by atoms with E-state index in [2.05, 4.69) is 10.3 Å². The molecule has 1 amide bonds. The second-order valence-electron chi connectivity index (χ2n) is 4.46. The molecule has 0 bridgehead atoms. The summed E-state index contributed by atoms with van der Waals surface area (Å²) in [5, 5.41) is 13.4. The Bertz CT molecular complexity index is 723. The normalized spacial score (nSPS) is 10.3. The van der Waals surface area contributed by atoms with Crippen LogP contribution in [0.25, 0.3) is 0 Å². The third kappa shape index (κ3) is 3.22. The number of nitro benzene ring substituents is 1. The number of rotatable bonds is 5. The maximum atomic E-state index is 12.2. The molecule has 0 saturated heterocycles. The molecule has 22 heavy (non-hydrogen) atoms. The maximum Gasteiger partial charge on any atom is 0.278 e. The largest absolute Gasteiger partial charge is 0.492 e. The molecule has 1 N–H and O–H groups in total. The minimum absolute atomic E-state index is 0.131. The standard InChI is InChI=1S/C14H15N3O5/c1-4-21-12-6-5-10(17(19)20)7-11(12)16-14(18)13-8(2)22-9(3)15-13/h5-7H,4H2,1-3H3,(H,16,18). The quantitative estimate of drug-likeness (QED) is 0.672. The van der Waals surface area contributed by atoms with Crippen LogP contribution < -0.4 is 10.1 Å². The van der Waals surface area contributed by atoms with Crippen LogP contribution in [0.15, 0.2) is 22.6 Å². The van der Waals surface area contributed by atoms with Crippen molar-refractivity contribution in [1.29, 1.82) is 0 Å². The van der Waals surface area contributed by atoms with Crippen LogP contribution in [0.2, 0.25) is 0 Å². The number of carbonyl (C=O) groups is 1. The molecule has 0 aliphatic heterocycles. The smallest absolute Gasteiger partial charge is 0.278 e. The number of carbonyl (C=O) groups excluding carboxylic acids is 1. The minimum atomic E-state index is -0.545. The zero-order valence-electron chi connectivity index (χ0n) is 12.4. The van der Waals surface area contributed by atoms with Crippen LogP contribution >= 0.6 is 0 Å². The van der Waals surface area contributed by atoms with Gasteiger partial charge in [0, 0.05) is 19.1 Å². The van der Waals surface area contributed by atoms with Crippen molar-refractivity contribution in [2.75, 3.05) is 11.9 Å². The lowest BCUT2D eigenvalue weighted by Gasteiger charge is -2.10. The van der Waals surface area contributed by atoms with Crippen molar-refractivity contribution in [2.24, 2.45) is 0 Å². The number of ether oxygens (including phenoxy) is 1. The van der Waals surface area contributed by atoms with E-state index < -0.39 is 10.8 Å². The van der Waals surface area contributed by atoms with Crippen LogP contribution in [0.3, 0.4) is 0 Å². The van der Waals surface area contributed by atoms with Gasteiger partial charge in [-0.25, -0.2) is 4.98 Å². The third-order valence-electron chi connectivity index (χ3n) is 2.84. The Kier molecular flexibility index (Phi) is 4.40. The minimum Gasteiger partial charge on any atom is -0.492 e. The SMILES string of the molecule is CCOc1ccc([N+](=O)[O-])cc1NC(=O)c1nc(C)oc1C. The number of aryl methyl sites for hydroxylation is 2. The molecule has 0 atom stereocenters. The second-order valence-corrected chi connectivity index (χ2v) is 4.46. The summed E-state index contributed by atoms with van der Waals surface area (Å²) in [6, 6.07) is 4.00. The van der Waals surface area contributed by atoms with E-state index in [1.54, 1.807) is 20.8 Å². The molecular formula is C14H15N3O5. The van der Waals surface area contributed by atoms with Gasteiger partial charge in [-0.2, -0.15) is 0 Å². The van der Waals surface area contributed by atoms with E-state index >= 15 is 0 Å². The summed E-state index contributed by atoms with van der Waals surface area (Å²) in [7, 11) is 0. The number of hydrogen-bond acceptors (Lipinski definition) is 6. The highest BCUT2D eigenvalue weighted by Crippen LogP contribution is 2.29. The molecule has 0 aliphatic carbocycles. The summed E-state index contributed by atoms with van der Waals surface area (Å²) in [5.74, 6) is 0.570. The molecule has 8 heteroatoms. The molecule has 0 radical (unpaired) electrons. The van der Waals surface area contributed by atoms with Gasteiger partial charge in [0.25, 0.3) is 11.6 Å². The number of amides is 1. The lowest BCUT2D eigenvalue weighted by Crippen LogP contribution is -2.14. The van der Waals surface area contributed by atoms with Gasteiger partial charge in [-0.3, -0.25) is 14.9 Å². The summed E-state index contributed by atoms with van der Waals surface area (Å²) >= 11 is 0. The van der Waals surface area contributed by atoms with E-state index in [0.29, 0.717) is 24.0 Å². The Labute approximate surface area is 126 Å². The van der Waals surface area contributed by atoms with Crippen molar-refractivity contribution in [3.05, 3.63) is 45.7 Å². The van der Waals surface area contributed by atoms with Gasteiger partial charge < -0.3 is 14.5 Å². The van der Waals surface area contributed by atoms with E-state index in [4.69, 9.17) is 9.15 Å². The summed E-state index contributed by atoms with van der Waals surface area (Å²) < 4.78 is 10.6. The van der Waals surface area contributed by atoms with Gasteiger partial charge in [-0.05, 0) is 19.9 Å². The Balaban J connectivity index is 2.34. The number of nitrogens with zero attached hydrogens (tertiary/aromatic N) is 2. The highest BCUT2D eigenvalue weighted by atomic mass is 16.6. The van der Waals surface area contributed by atoms with E-state index in [1.807, 2.05) is 0 Å². The Morgan fingerprint density at radius 3 is 2.73 bits per heavy atom. The van der Waals surface area contributed by atoms with E-state index in [0.717, 1.165) is 0 Å². The first-order valence-electron chi connectivity index (χ1n) is 6.59. The molecule has 2 rings (SSSR count). The number of nitrogens with one attached hydrogen (secondary N) is 1. The molecule has 1 aromatic carbocycles. The molecular weight excluding hydrogens is 290 g/mol. The number of hydrogen-bond donors (Lipinski definition) is 1. The van der Waals surface area contributed by atoms with Crippen LogP contribution in [-0.4, -0.2) is 22.4 Å². The molecule has 8 nitrogen and oxygen atoms in total. The lowest BCUT2D eigenvalue weighted by molar-refractivity contribution is -0.384. The fourth-order valence-corrected chi connectivity index (χ4v) is 1.93. The zero-order valence-corrected chi connectivity index (χ0v) is 12.4. The first-order valence-corrected chi connectivity index (χ1v) is 6.59. The fourth-order valence-electron chi connectivity index (χ4n) is 1.93. The Hall–Kier alpha value is -2.90. The second kappa shape index (κ2) is 6.25. The predicted octanol–water partition coefficient (Wildman–Crippen LogP) is 2.85. The number of anilines is 1. The summed E-state index contributed by atoms with van der Waals surface area (Å²) in [6.45, 7) is 5.38. The Morgan fingerprint density at radius 2 is 2.18 bits per heavy atom. The van der Waals surface area contributed by atoms with Gasteiger partial charge >= 0.3 is 0 Å². The number of non-ortho nitro benzene ring substituents is 1. The Morgan fingerprint density at radius 1 is 1.45 bits per heavy atom. The van der Waals surface area contributed by atoms with E-state index in [-0.39, 0.29) is 17.1 Å². The molecule has 0 fully saturated rings. The van der Waals surface area contributed by atoms with Gasteiger partial charge in [0.2, 0.25) is 0 Å². The molecule has 116 valence electrons. The number of oxazole rings is 1. The summed E-state index contributed by atoms with van der Waals surface area (Å²) in [6.07, 6.45) is 0. The molecule has 1 aromatic heterocycles. The maximum absolute atomic E-state index is 12.2. The highest BCUT2D eigenvalue weighted by Gasteiger charge is 2.19. The molecule has 1 heterocycles. The predicted molar refractivity (Wildman–Crippen MR) is 78.2 cm³/mol. The van der Waals surface area contributed by atoms with Gasteiger partial charge in [-0.1, -0.05) is 0 Å². The third-order valence-corrected chi connectivity index (χ3v) is 2.84. The highest BCUT2D eigenvalue weighted by molar-refractivity contribution is 6.04. The molecule has 0 saturated carbocycles. The monoisotopic (exact) mass is 305 g/mol. The first-order chi connectivity index (χ1) is 10.4. The van der Waals surface area contributed by atoms with Gasteiger partial charge in [-0.15, -0.1) is 0 Å². The molecule has 0 unspecified atom stereocenters. The van der Waals surface area contributed by atoms with Crippen LogP contribution in [0, 0.1) is 24.0 Å². The topological polar surface area (TPSA) is 108 Å². The lowest BCUT2D eigenvalue weighted by atomic mass is 10.2. The number of aromatic nitrogens is 1. The first kappa shape index (κ1) is 15.5. The van der Waals surface area contributed by atoms with E-state index in [9.17, 15) is 14.9 Å². The molecule has 2 aromatic rings. The van der Waals surface area contributed by atoms with E-state index in [1.165, 1.54) is 18.2 Å². The number of benzene rings is 1. The van der Waals surface area contributed by atoms with Crippen molar-refractivity contribution in [2.45, 2.75) is 20.8 Å². The number of nitro groups is 1. The molecule has 0 aliphatic rings. The van der Waals surface area contributed by atoms with Crippen molar-refractivity contribution in [3.8, 4) is 5.75 Å². The zero-order chi connectivity index (χ0) is 16.3. The van der Waals surface area contributed by atoms with Crippen molar-refractivity contribution < 1.29 is 18.9 Å². The van der Waals surface area contributed by atoms with Crippen LogP contribution in [0.5, 0.6) is 5.75 Å². The van der Waals surface area contributed by atoms with Crippen molar-refractivity contribution >= 4 is 17.3 Å². The van der Waals surface area contributed by atoms with Crippen LogP contribution in [0.4, 0.5) is 11.4 Å².